The number of piperidine rings is 1. The van der Waals surface area contributed by atoms with Gasteiger partial charge in [-0.1, -0.05) is 24.6 Å². The number of hydrogen-bond acceptors (Lipinski definition) is 3. The Morgan fingerprint density at radius 1 is 1.16 bits per heavy atom. The lowest BCUT2D eigenvalue weighted by Crippen LogP contribution is -2.44. The van der Waals surface area contributed by atoms with Gasteiger partial charge in [-0.3, -0.25) is 4.90 Å². The Balaban J connectivity index is 1.91. The predicted molar refractivity (Wildman–Crippen MR) is 76.5 cm³/mol. The average Bonchev–Trinajstić information content (AvgIpc) is 2.47. The molecule has 1 atom stereocenters. The first-order chi connectivity index (χ1) is 9.09. The third-order valence-electron chi connectivity index (χ3n) is 3.64. The van der Waals surface area contributed by atoms with E-state index in [-0.39, 0.29) is 6.04 Å². The Labute approximate surface area is 115 Å². The molecule has 1 aliphatic rings. The molecule has 0 bridgehead atoms. The number of sulfonamides is 1. The highest BCUT2D eigenvalue weighted by atomic mass is 32.2. The summed E-state index contributed by atoms with van der Waals surface area (Å²) in [5.41, 5.74) is 0. The second-order valence-electron chi connectivity index (χ2n) is 5.11. The van der Waals surface area contributed by atoms with Crippen molar-refractivity contribution in [2.75, 3.05) is 19.6 Å². The molecule has 0 saturated carbocycles. The fourth-order valence-corrected chi connectivity index (χ4v) is 3.54. The monoisotopic (exact) mass is 282 g/mol. The Bertz CT molecular complexity index is 481. The summed E-state index contributed by atoms with van der Waals surface area (Å²) >= 11 is 0. The van der Waals surface area contributed by atoms with E-state index in [1.54, 1.807) is 24.3 Å². The molecule has 4 nitrogen and oxygen atoms in total. The molecule has 1 heterocycles. The molecular formula is C14H22N2O2S. The van der Waals surface area contributed by atoms with E-state index in [1.807, 2.05) is 6.07 Å². The third-order valence-corrected chi connectivity index (χ3v) is 5.08. The SMILES string of the molecule is CC(CNS(=O)(=O)c1ccccc1)N1CCCCC1. The van der Waals surface area contributed by atoms with Crippen molar-refractivity contribution in [2.24, 2.45) is 0 Å². The molecule has 2 rings (SSSR count). The van der Waals surface area contributed by atoms with Crippen molar-refractivity contribution in [1.82, 2.24) is 9.62 Å². The third kappa shape index (κ3) is 4.03. The first-order valence-electron chi connectivity index (χ1n) is 6.88. The highest BCUT2D eigenvalue weighted by molar-refractivity contribution is 7.89. The quantitative estimate of drug-likeness (QED) is 0.896. The summed E-state index contributed by atoms with van der Waals surface area (Å²) in [4.78, 5) is 2.69. The van der Waals surface area contributed by atoms with Gasteiger partial charge in [0.25, 0.3) is 0 Å². The number of likely N-dealkylation sites (tertiary alicyclic amines) is 1. The second kappa shape index (κ2) is 6.50. The van der Waals surface area contributed by atoms with Gasteiger partial charge in [0, 0.05) is 12.6 Å². The zero-order valence-corrected chi connectivity index (χ0v) is 12.2. The molecule has 0 aliphatic carbocycles. The molecule has 0 spiro atoms. The minimum atomic E-state index is -3.37. The van der Waals surface area contributed by atoms with E-state index in [0.29, 0.717) is 11.4 Å². The summed E-state index contributed by atoms with van der Waals surface area (Å²) < 4.78 is 26.9. The number of hydrogen-bond donors (Lipinski definition) is 1. The van der Waals surface area contributed by atoms with Crippen molar-refractivity contribution >= 4 is 10.0 Å². The van der Waals surface area contributed by atoms with Crippen molar-refractivity contribution < 1.29 is 8.42 Å². The molecule has 1 aliphatic heterocycles. The van der Waals surface area contributed by atoms with E-state index < -0.39 is 10.0 Å². The van der Waals surface area contributed by atoms with Gasteiger partial charge in [-0.15, -0.1) is 0 Å². The Hall–Kier alpha value is -0.910. The summed E-state index contributed by atoms with van der Waals surface area (Å²) in [7, 11) is -3.37. The van der Waals surface area contributed by atoms with Crippen LogP contribution in [0.5, 0.6) is 0 Å². The number of benzene rings is 1. The molecule has 19 heavy (non-hydrogen) atoms. The second-order valence-corrected chi connectivity index (χ2v) is 6.88. The highest BCUT2D eigenvalue weighted by Gasteiger charge is 2.19. The smallest absolute Gasteiger partial charge is 0.240 e. The maximum absolute atomic E-state index is 12.1. The highest BCUT2D eigenvalue weighted by Crippen LogP contribution is 2.12. The molecule has 1 unspecified atom stereocenters. The van der Waals surface area contributed by atoms with Crippen molar-refractivity contribution in [2.45, 2.75) is 37.1 Å². The van der Waals surface area contributed by atoms with Crippen LogP contribution in [0.1, 0.15) is 26.2 Å². The first kappa shape index (κ1) is 14.5. The van der Waals surface area contributed by atoms with Crippen LogP contribution in [0, 0.1) is 0 Å². The fraction of sp³-hybridized carbons (Fsp3) is 0.571. The largest absolute Gasteiger partial charge is 0.299 e. The molecular weight excluding hydrogens is 260 g/mol. The van der Waals surface area contributed by atoms with Crippen LogP contribution in [0.4, 0.5) is 0 Å². The molecule has 1 N–H and O–H groups in total. The van der Waals surface area contributed by atoms with Crippen LogP contribution in [-0.4, -0.2) is 39.0 Å². The molecule has 1 aromatic rings. The first-order valence-corrected chi connectivity index (χ1v) is 8.37. The van der Waals surface area contributed by atoms with Crippen LogP contribution in [0.3, 0.4) is 0 Å². The Morgan fingerprint density at radius 3 is 2.42 bits per heavy atom. The van der Waals surface area contributed by atoms with Crippen molar-refractivity contribution in [3.8, 4) is 0 Å². The number of nitrogens with one attached hydrogen (secondary N) is 1. The van der Waals surface area contributed by atoms with Gasteiger partial charge >= 0.3 is 0 Å². The van der Waals surface area contributed by atoms with E-state index in [9.17, 15) is 8.42 Å². The van der Waals surface area contributed by atoms with Crippen LogP contribution in [0.15, 0.2) is 35.2 Å². The van der Waals surface area contributed by atoms with E-state index in [0.717, 1.165) is 13.1 Å². The number of rotatable bonds is 5. The van der Waals surface area contributed by atoms with Gasteiger partial charge < -0.3 is 0 Å². The Kier molecular flexibility index (Phi) is 4.96. The molecule has 0 radical (unpaired) electrons. The minimum Gasteiger partial charge on any atom is -0.299 e. The van der Waals surface area contributed by atoms with Crippen LogP contribution < -0.4 is 4.72 Å². The van der Waals surface area contributed by atoms with Gasteiger partial charge in [0.1, 0.15) is 0 Å². The van der Waals surface area contributed by atoms with E-state index >= 15 is 0 Å². The molecule has 1 aromatic carbocycles. The topological polar surface area (TPSA) is 49.4 Å². The summed E-state index contributed by atoms with van der Waals surface area (Å²) in [6, 6.07) is 8.78. The zero-order chi connectivity index (χ0) is 13.7. The van der Waals surface area contributed by atoms with Crippen LogP contribution in [0.25, 0.3) is 0 Å². The van der Waals surface area contributed by atoms with Crippen molar-refractivity contribution in [3.05, 3.63) is 30.3 Å². The van der Waals surface area contributed by atoms with E-state index in [1.165, 1.54) is 19.3 Å². The summed E-state index contributed by atoms with van der Waals surface area (Å²) in [5.74, 6) is 0. The van der Waals surface area contributed by atoms with Crippen molar-refractivity contribution in [1.29, 1.82) is 0 Å². The fourth-order valence-electron chi connectivity index (χ4n) is 2.40. The molecule has 1 saturated heterocycles. The zero-order valence-electron chi connectivity index (χ0n) is 11.4. The molecule has 1 fully saturated rings. The average molecular weight is 282 g/mol. The van der Waals surface area contributed by atoms with Gasteiger partial charge in [0.05, 0.1) is 4.90 Å². The molecule has 106 valence electrons. The Morgan fingerprint density at radius 2 is 1.79 bits per heavy atom. The van der Waals surface area contributed by atoms with Gasteiger partial charge in [0.2, 0.25) is 10.0 Å². The molecule has 0 amide bonds. The maximum Gasteiger partial charge on any atom is 0.240 e. The molecule has 0 aromatic heterocycles. The van der Waals surface area contributed by atoms with Crippen LogP contribution in [-0.2, 0) is 10.0 Å². The van der Waals surface area contributed by atoms with Crippen molar-refractivity contribution in [3.63, 3.8) is 0 Å². The number of nitrogens with zero attached hydrogens (tertiary/aromatic N) is 1. The van der Waals surface area contributed by atoms with E-state index in [4.69, 9.17) is 0 Å². The lowest BCUT2D eigenvalue weighted by Gasteiger charge is -2.32. The van der Waals surface area contributed by atoms with Gasteiger partial charge in [-0.2, -0.15) is 0 Å². The molecule has 5 heteroatoms. The standard InChI is InChI=1S/C14H22N2O2S/c1-13(16-10-6-3-7-11-16)12-15-19(17,18)14-8-4-2-5-9-14/h2,4-5,8-9,13,15H,3,6-7,10-12H2,1H3. The van der Waals surface area contributed by atoms with Gasteiger partial charge in [0.15, 0.2) is 0 Å². The summed E-state index contributed by atoms with van der Waals surface area (Å²) in [6.07, 6.45) is 3.73. The lowest BCUT2D eigenvalue weighted by atomic mass is 10.1. The predicted octanol–water partition coefficient (Wildman–Crippen LogP) is 1.84. The van der Waals surface area contributed by atoms with Crippen LogP contribution in [0.2, 0.25) is 0 Å². The summed E-state index contributed by atoms with van der Waals surface area (Å²) in [5, 5.41) is 0. The summed E-state index contributed by atoms with van der Waals surface area (Å²) in [6.45, 7) is 4.71. The van der Waals surface area contributed by atoms with Gasteiger partial charge in [-0.25, -0.2) is 13.1 Å². The minimum absolute atomic E-state index is 0.249. The normalized spacial score (nSPS) is 19.2. The van der Waals surface area contributed by atoms with Gasteiger partial charge in [-0.05, 0) is 45.0 Å². The maximum atomic E-state index is 12.1. The van der Waals surface area contributed by atoms with E-state index in [2.05, 4.69) is 16.5 Å². The van der Waals surface area contributed by atoms with Crippen LogP contribution >= 0.6 is 0 Å². The lowest BCUT2D eigenvalue weighted by molar-refractivity contribution is 0.175.